The monoisotopic (exact) mass is 402 g/mol. The molecule has 0 aliphatic heterocycles. The molecule has 0 fully saturated rings. The van der Waals surface area contributed by atoms with Crippen LogP contribution in [0.25, 0.3) is 6.08 Å². The van der Waals surface area contributed by atoms with E-state index in [2.05, 4.69) is 10.3 Å². The highest BCUT2D eigenvalue weighted by Gasteiger charge is 2.18. The Kier molecular flexibility index (Phi) is 6.17. The third-order valence-electron chi connectivity index (χ3n) is 4.08. The number of thiazole rings is 1. The molecule has 6 nitrogen and oxygen atoms in total. The van der Waals surface area contributed by atoms with Gasteiger partial charge in [-0.1, -0.05) is 36.4 Å². The van der Waals surface area contributed by atoms with Crippen molar-refractivity contribution in [1.29, 1.82) is 5.26 Å². The molecule has 1 N–H and O–H groups in total. The Morgan fingerprint density at radius 1 is 1.14 bits per heavy atom. The molecule has 3 rings (SSSR count). The molecular formula is C22H18N4O2S. The summed E-state index contributed by atoms with van der Waals surface area (Å²) in [6, 6.07) is 18.4. The summed E-state index contributed by atoms with van der Waals surface area (Å²) in [7, 11) is 0. The summed E-state index contributed by atoms with van der Waals surface area (Å²) in [5.41, 5.74) is 2.60. The van der Waals surface area contributed by atoms with Crippen molar-refractivity contribution in [2.75, 3.05) is 10.2 Å². The van der Waals surface area contributed by atoms with Crippen LogP contribution in [-0.2, 0) is 9.59 Å². The Bertz CT molecular complexity index is 1110. The molecule has 1 aromatic heterocycles. The lowest BCUT2D eigenvalue weighted by Crippen LogP contribution is -2.22. The fraction of sp³-hybridized carbons (Fsp3) is 0.0909. The van der Waals surface area contributed by atoms with E-state index in [1.807, 2.05) is 61.5 Å². The number of nitriles is 1. The number of amides is 2. The zero-order chi connectivity index (χ0) is 20.8. The van der Waals surface area contributed by atoms with Crippen LogP contribution in [0.1, 0.15) is 18.2 Å². The average molecular weight is 402 g/mol. The second-order valence-corrected chi connectivity index (χ2v) is 7.02. The summed E-state index contributed by atoms with van der Waals surface area (Å²) in [6.45, 7) is 3.33. The van der Waals surface area contributed by atoms with Crippen LogP contribution < -0.4 is 10.2 Å². The lowest BCUT2D eigenvalue weighted by molar-refractivity contribution is -0.116. The predicted molar refractivity (Wildman–Crippen MR) is 115 cm³/mol. The number of carbonyl (C=O) groups is 2. The van der Waals surface area contributed by atoms with Crippen molar-refractivity contribution in [3.05, 3.63) is 76.8 Å². The Labute approximate surface area is 172 Å². The molecule has 7 heteroatoms. The molecule has 0 bridgehead atoms. The molecule has 0 aliphatic rings. The van der Waals surface area contributed by atoms with Gasteiger partial charge in [-0.05, 0) is 36.8 Å². The Morgan fingerprint density at radius 3 is 2.48 bits per heavy atom. The van der Waals surface area contributed by atoms with Crippen molar-refractivity contribution in [3.63, 3.8) is 0 Å². The maximum absolute atomic E-state index is 12.5. The van der Waals surface area contributed by atoms with Crippen LogP contribution in [0.3, 0.4) is 0 Å². The van der Waals surface area contributed by atoms with E-state index in [4.69, 9.17) is 0 Å². The summed E-state index contributed by atoms with van der Waals surface area (Å²) in [6.07, 6.45) is 1.41. The molecule has 0 spiro atoms. The fourth-order valence-electron chi connectivity index (χ4n) is 2.65. The Balaban J connectivity index is 1.85. The predicted octanol–water partition coefficient (Wildman–Crippen LogP) is 4.68. The van der Waals surface area contributed by atoms with E-state index < -0.39 is 5.91 Å². The number of rotatable bonds is 5. The van der Waals surface area contributed by atoms with Crippen molar-refractivity contribution < 1.29 is 9.59 Å². The lowest BCUT2D eigenvalue weighted by Gasteiger charge is -2.17. The summed E-state index contributed by atoms with van der Waals surface area (Å²) >= 11 is 1.26. The SMILES string of the molecule is CC(=O)N(c1ccccc1)c1nc(/C=C(\C#N)C(=O)Nc2ccccc2C)cs1. The zero-order valence-corrected chi connectivity index (χ0v) is 16.7. The zero-order valence-electron chi connectivity index (χ0n) is 15.9. The maximum atomic E-state index is 12.5. The van der Waals surface area contributed by atoms with E-state index in [1.165, 1.54) is 29.2 Å². The van der Waals surface area contributed by atoms with Crippen LogP contribution in [0.5, 0.6) is 0 Å². The number of nitrogens with zero attached hydrogens (tertiary/aromatic N) is 3. The van der Waals surface area contributed by atoms with Gasteiger partial charge in [0.15, 0.2) is 5.13 Å². The smallest absolute Gasteiger partial charge is 0.266 e. The van der Waals surface area contributed by atoms with E-state index in [0.717, 1.165) is 5.56 Å². The van der Waals surface area contributed by atoms with E-state index in [0.29, 0.717) is 22.2 Å². The van der Waals surface area contributed by atoms with Gasteiger partial charge in [0, 0.05) is 18.0 Å². The number of para-hydroxylation sites is 2. The topological polar surface area (TPSA) is 86.1 Å². The number of anilines is 3. The minimum atomic E-state index is -0.511. The highest BCUT2D eigenvalue weighted by molar-refractivity contribution is 7.14. The van der Waals surface area contributed by atoms with Gasteiger partial charge in [-0.15, -0.1) is 11.3 Å². The van der Waals surface area contributed by atoms with Crippen molar-refractivity contribution in [2.45, 2.75) is 13.8 Å². The van der Waals surface area contributed by atoms with E-state index in [-0.39, 0.29) is 11.5 Å². The summed E-state index contributed by atoms with van der Waals surface area (Å²) in [5, 5.41) is 14.3. The van der Waals surface area contributed by atoms with Gasteiger partial charge in [0.1, 0.15) is 11.6 Å². The normalized spacial score (nSPS) is 10.9. The molecule has 144 valence electrons. The van der Waals surface area contributed by atoms with Gasteiger partial charge < -0.3 is 5.32 Å². The van der Waals surface area contributed by atoms with Gasteiger partial charge in [0.05, 0.1) is 11.4 Å². The molecule has 0 saturated carbocycles. The van der Waals surface area contributed by atoms with Gasteiger partial charge >= 0.3 is 0 Å². The number of aryl methyl sites for hydroxylation is 1. The summed E-state index contributed by atoms with van der Waals surface area (Å²) in [4.78, 5) is 30.5. The molecule has 2 aromatic carbocycles. The highest BCUT2D eigenvalue weighted by atomic mass is 32.1. The largest absolute Gasteiger partial charge is 0.321 e. The van der Waals surface area contributed by atoms with Gasteiger partial charge in [0.25, 0.3) is 5.91 Å². The van der Waals surface area contributed by atoms with Gasteiger partial charge in [0.2, 0.25) is 5.91 Å². The fourth-order valence-corrected chi connectivity index (χ4v) is 3.49. The van der Waals surface area contributed by atoms with Crippen LogP contribution in [0.4, 0.5) is 16.5 Å². The lowest BCUT2D eigenvalue weighted by atomic mass is 10.2. The van der Waals surface area contributed by atoms with Gasteiger partial charge in [-0.25, -0.2) is 4.98 Å². The second-order valence-electron chi connectivity index (χ2n) is 6.18. The molecule has 2 amide bonds. The first kappa shape index (κ1) is 20.0. The minimum Gasteiger partial charge on any atom is -0.321 e. The standard InChI is InChI=1S/C22H18N4O2S/c1-15-8-6-7-11-20(15)25-21(28)17(13-23)12-18-14-29-22(24-18)26(16(2)27)19-9-4-3-5-10-19/h3-12,14H,1-2H3,(H,25,28)/b17-12+. The first-order chi connectivity index (χ1) is 14.0. The Hall–Kier alpha value is -3.76. The number of hydrogen-bond donors (Lipinski definition) is 1. The number of hydrogen-bond acceptors (Lipinski definition) is 5. The molecular weight excluding hydrogens is 384 g/mol. The molecule has 1 heterocycles. The third kappa shape index (κ3) is 4.75. The minimum absolute atomic E-state index is 0.0702. The summed E-state index contributed by atoms with van der Waals surface area (Å²) in [5.74, 6) is -0.693. The molecule has 0 aliphatic carbocycles. The number of nitrogens with one attached hydrogen (secondary N) is 1. The number of benzene rings is 2. The molecule has 0 unspecified atom stereocenters. The summed E-state index contributed by atoms with van der Waals surface area (Å²) < 4.78 is 0. The van der Waals surface area contributed by atoms with Crippen LogP contribution in [0, 0.1) is 18.3 Å². The van der Waals surface area contributed by atoms with Crippen LogP contribution >= 0.6 is 11.3 Å². The third-order valence-corrected chi connectivity index (χ3v) is 4.92. The van der Waals surface area contributed by atoms with Crippen molar-refractivity contribution in [2.24, 2.45) is 0 Å². The Morgan fingerprint density at radius 2 is 1.83 bits per heavy atom. The van der Waals surface area contributed by atoms with E-state index in [1.54, 1.807) is 11.4 Å². The van der Waals surface area contributed by atoms with Gasteiger partial charge in [-0.3, -0.25) is 14.5 Å². The molecule has 0 atom stereocenters. The highest BCUT2D eigenvalue weighted by Crippen LogP contribution is 2.29. The number of aromatic nitrogens is 1. The maximum Gasteiger partial charge on any atom is 0.266 e. The van der Waals surface area contributed by atoms with E-state index in [9.17, 15) is 14.9 Å². The van der Waals surface area contributed by atoms with Crippen molar-refractivity contribution in [3.8, 4) is 6.07 Å². The van der Waals surface area contributed by atoms with Crippen LogP contribution in [0.2, 0.25) is 0 Å². The second kappa shape index (κ2) is 8.95. The van der Waals surface area contributed by atoms with Crippen LogP contribution in [-0.4, -0.2) is 16.8 Å². The van der Waals surface area contributed by atoms with Gasteiger partial charge in [-0.2, -0.15) is 5.26 Å². The van der Waals surface area contributed by atoms with Crippen molar-refractivity contribution >= 4 is 45.7 Å². The number of carbonyl (C=O) groups excluding carboxylic acids is 2. The first-order valence-electron chi connectivity index (χ1n) is 8.79. The average Bonchev–Trinajstić information content (AvgIpc) is 3.16. The molecule has 3 aromatic rings. The quantitative estimate of drug-likeness (QED) is 0.496. The molecule has 29 heavy (non-hydrogen) atoms. The molecule has 0 radical (unpaired) electrons. The molecule has 0 saturated heterocycles. The first-order valence-corrected chi connectivity index (χ1v) is 9.67. The van der Waals surface area contributed by atoms with Crippen molar-refractivity contribution in [1.82, 2.24) is 4.98 Å². The van der Waals surface area contributed by atoms with Crippen LogP contribution in [0.15, 0.2) is 65.6 Å². The van der Waals surface area contributed by atoms with E-state index >= 15 is 0 Å².